The molecule has 37 heavy (non-hydrogen) atoms. The van der Waals surface area contributed by atoms with Gasteiger partial charge in [0.2, 0.25) is 0 Å². The molecule has 0 aliphatic heterocycles. The van der Waals surface area contributed by atoms with Crippen LogP contribution in [0.1, 0.15) is 189 Å². The molecule has 3 nitrogen and oxygen atoms in total. The van der Waals surface area contributed by atoms with Crippen molar-refractivity contribution in [3.8, 4) is 0 Å². The molecule has 0 aliphatic carbocycles. The summed E-state index contributed by atoms with van der Waals surface area (Å²) in [4.78, 5) is 13.3. The van der Waals surface area contributed by atoms with E-state index in [0.717, 1.165) is 64.2 Å². The minimum Gasteiger partial charge on any atom is -0.462 e. The van der Waals surface area contributed by atoms with Crippen LogP contribution in [-0.2, 0) is 9.53 Å². The first kappa shape index (κ1) is 36.4. The van der Waals surface area contributed by atoms with Gasteiger partial charge in [0.1, 0.15) is 6.10 Å². The van der Waals surface area contributed by atoms with Crippen LogP contribution in [0.25, 0.3) is 0 Å². The average molecular weight is 525 g/mol. The molecule has 0 radical (unpaired) electrons. The Labute approximate surface area is 233 Å². The summed E-state index contributed by atoms with van der Waals surface area (Å²) in [5.41, 5.74) is 0. The Hall–Kier alpha value is -0.570. The van der Waals surface area contributed by atoms with E-state index in [2.05, 4.69) is 34.6 Å². The van der Waals surface area contributed by atoms with E-state index in [0.29, 0.717) is 0 Å². The van der Waals surface area contributed by atoms with Crippen LogP contribution >= 0.6 is 0 Å². The predicted octanol–water partition coefficient (Wildman–Crippen LogP) is 11.0. The fourth-order valence-electron chi connectivity index (χ4n) is 5.57. The van der Waals surface area contributed by atoms with Crippen molar-refractivity contribution in [2.75, 3.05) is 0 Å². The minimum absolute atomic E-state index is 0.00154. The standard InChI is InChI=1S/C34H68O3/c1-6-11-15-16-17-18-19-20-21-24-27-32(26-22-12-7-2)37-34(36)30(10-5)29-31(25-14-9-4)33(35)28-23-13-8-3/h30-33,35H,6-29H2,1-5H3. The second kappa shape index (κ2) is 27.0. The van der Waals surface area contributed by atoms with E-state index in [1.54, 1.807) is 0 Å². The number of hydrogen-bond acceptors (Lipinski definition) is 3. The van der Waals surface area contributed by atoms with Gasteiger partial charge in [0.05, 0.1) is 12.0 Å². The normalized spacial score (nSPS) is 14.9. The van der Waals surface area contributed by atoms with Crippen molar-refractivity contribution < 1.29 is 14.6 Å². The highest BCUT2D eigenvalue weighted by Gasteiger charge is 2.28. The molecule has 0 fully saturated rings. The fraction of sp³-hybridized carbons (Fsp3) is 0.971. The van der Waals surface area contributed by atoms with Crippen LogP contribution in [0.15, 0.2) is 0 Å². The first-order valence-corrected chi connectivity index (χ1v) is 16.9. The smallest absolute Gasteiger partial charge is 0.309 e. The molecule has 0 amide bonds. The van der Waals surface area contributed by atoms with Crippen LogP contribution in [0.2, 0.25) is 0 Å². The maximum Gasteiger partial charge on any atom is 0.309 e. The summed E-state index contributed by atoms with van der Waals surface area (Å²) < 4.78 is 6.20. The zero-order valence-electron chi connectivity index (χ0n) is 26.0. The van der Waals surface area contributed by atoms with E-state index in [-0.39, 0.29) is 30.0 Å². The van der Waals surface area contributed by atoms with Crippen LogP contribution in [0.3, 0.4) is 0 Å². The van der Waals surface area contributed by atoms with Gasteiger partial charge in [-0.3, -0.25) is 4.79 Å². The van der Waals surface area contributed by atoms with Gasteiger partial charge in [0.25, 0.3) is 0 Å². The Morgan fingerprint density at radius 3 is 1.51 bits per heavy atom. The van der Waals surface area contributed by atoms with Crippen LogP contribution in [0.4, 0.5) is 0 Å². The largest absolute Gasteiger partial charge is 0.462 e. The molecule has 0 aromatic rings. The van der Waals surface area contributed by atoms with E-state index in [9.17, 15) is 9.90 Å². The van der Waals surface area contributed by atoms with Crippen molar-refractivity contribution in [1.82, 2.24) is 0 Å². The lowest BCUT2D eigenvalue weighted by Gasteiger charge is -2.28. The van der Waals surface area contributed by atoms with E-state index >= 15 is 0 Å². The van der Waals surface area contributed by atoms with Gasteiger partial charge in [-0.15, -0.1) is 0 Å². The number of aliphatic hydroxyl groups excluding tert-OH is 1. The summed E-state index contributed by atoms with van der Waals surface area (Å²) in [6.07, 6.45) is 27.9. The Morgan fingerprint density at radius 2 is 1.00 bits per heavy atom. The highest BCUT2D eigenvalue weighted by atomic mass is 16.5. The fourth-order valence-corrected chi connectivity index (χ4v) is 5.57. The second-order valence-corrected chi connectivity index (χ2v) is 11.8. The van der Waals surface area contributed by atoms with Gasteiger partial charge in [0, 0.05) is 0 Å². The number of ether oxygens (including phenoxy) is 1. The van der Waals surface area contributed by atoms with Gasteiger partial charge < -0.3 is 9.84 Å². The molecule has 222 valence electrons. The molecule has 4 atom stereocenters. The van der Waals surface area contributed by atoms with Crippen LogP contribution in [-0.4, -0.2) is 23.3 Å². The van der Waals surface area contributed by atoms with Crippen molar-refractivity contribution >= 4 is 5.97 Å². The third-order valence-electron chi connectivity index (χ3n) is 8.28. The van der Waals surface area contributed by atoms with E-state index < -0.39 is 0 Å². The molecule has 0 saturated carbocycles. The molecule has 0 heterocycles. The summed E-state index contributed by atoms with van der Waals surface area (Å²) in [5.74, 6) is 0.136. The predicted molar refractivity (Wildman–Crippen MR) is 162 cm³/mol. The molecule has 1 N–H and O–H groups in total. The SMILES string of the molecule is CCCCCCCCCCCCC(CCCCC)OC(=O)C(CC)CC(CCCC)C(O)CCCCC. The van der Waals surface area contributed by atoms with Crippen molar-refractivity contribution in [3.63, 3.8) is 0 Å². The van der Waals surface area contributed by atoms with Crippen molar-refractivity contribution in [2.24, 2.45) is 11.8 Å². The molecule has 0 spiro atoms. The number of aliphatic hydroxyl groups is 1. The zero-order chi connectivity index (χ0) is 27.6. The number of rotatable bonds is 28. The Balaban J connectivity index is 4.68. The molecule has 4 unspecified atom stereocenters. The van der Waals surface area contributed by atoms with Crippen molar-refractivity contribution in [3.05, 3.63) is 0 Å². The second-order valence-electron chi connectivity index (χ2n) is 11.8. The molecular weight excluding hydrogens is 456 g/mol. The quantitative estimate of drug-likeness (QED) is 0.0817. The highest BCUT2D eigenvalue weighted by molar-refractivity contribution is 5.72. The number of carbonyl (C=O) groups is 1. The average Bonchev–Trinajstić information content (AvgIpc) is 2.89. The molecule has 3 heteroatoms. The van der Waals surface area contributed by atoms with Crippen LogP contribution in [0, 0.1) is 11.8 Å². The molecule has 0 aliphatic rings. The summed E-state index contributed by atoms with van der Waals surface area (Å²) in [6, 6.07) is 0. The summed E-state index contributed by atoms with van der Waals surface area (Å²) >= 11 is 0. The van der Waals surface area contributed by atoms with Gasteiger partial charge in [0.15, 0.2) is 0 Å². The highest BCUT2D eigenvalue weighted by Crippen LogP contribution is 2.28. The van der Waals surface area contributed by atoms with Crippen LogP contribution < -0.4 is 0 Å². The summed E-state index contributed by atoms with van der Waals surface area (Å²) in [7, 11) is 0. The van der Waals surface area contributed by atoms with E-state index in [1.165, 1.54) is 89.9 Å². The first-order valence-electron chi connectivity index (χ1n) is 16.9. The molecule has 0 saturated heterocycles. The minimum atomic E-state index is -0.285. The van der Waals surface area contributed by atoms with Gasteiger partial charge in [-0.25, -0.2) is 0 Å². The number of unbranched alkanes of at least 4 members (excludes halogenated alkanes) is 14. The third-order valence-corrected chi connectivity index (χ3v) is 8.28. The van der Waals surface area contributed by atoms with Gasteiger partial charge in [-0.05, 0) is 57.3 Å². The molecule has 0 aromatic heterocycles. The molecule has 0 aromatic carbocycles. The topological polar surface area (TPSA) is 46.5 Å². The third kappa shape index (κ3) is 21.0. The van der Waals surface area contributed by atoms with Crippen molar-refractivity contribution in [1.29, 1.82) is 0 Å². The lowest BCUT2D eigenvalue weighted by Crippen LogP contribution is -2.29. The first-order chi connectivity index (χ1) is 18.0. The Kier molecular flexibility index (Phi) is 26.6. The zero-order valence-corrected chi connectivity index (χ0v) is 26.0. The molecular formula is C34H68O3. The maximum atomic E-state index is 13.3. The van der Waals surface area contributed by atoms with E-state index in [4.69, 9.17) is 4.74 Å². The monoisotopic (exact) mass is 525 g/mol. The van der Waals surface area contributed by atoms with Crippen molar-refractivity contribution in [2.45, 2.75) is 201 Å². The summed E-state index contributed by atoms with van der Waals surface area (Å²) in [6.45, 7) is 11.0. The molecule has 0 bridgehead atoms. The number of esters is 1. The van der Waals surface area contributed by atoms with Gasteiger partial charge in [-0.2, -0.15) is 0 Å². The molecule has 0 rings (SSSR count). The van der Waals surface area contributed by atoms with E-state index in [1.807, 2.05) is 0 Å². The number of hydrogen-bond donors (Lipinski definition) is 1. The summed E-state index contributed by atoms with van der Waals surface area (Å²) in [5, 5.41) is 10.9. The Bertz CT molecular complexity index is 478. The number of carbonyl (C=O) groups excluding carboxylic acids is 1. The lowest BCUT2D eigenvalue weighted by atomic mass is 9.83. The lowest BCUT2D eigenvalue weighted by molar-refractivity contribution is -0.156. The Morgan fingerprint density at radius 1 is 0.568 bits per heavy atom. The van der Waals surface area contributed by atoms with Crippen LogP contribution in [0.5, 0.6) is 0 Å². The van der Waals surface area contributed by atoms with Gasteiger partial charge in [-0.1, -0.05) is 137 Å². The van der Waals surface area contributed by atoms with Gasteiger partial charge >= 0.3 is 5.97 Å². The maximum absolute atomic E-state index is 13.3.